The molecule has 0 aromatic heterocycles. The lowest BCUT2D eigenvalue weighted by Gasteiger charge is -2.04. The van der Waals surface area contributed by atoms with Gasteiger partial charge in [0.2, 0.25) is 0 Å². The lowest BCUT2D eigenvalue weighted by atomic mass is 10.1. The summed E-state index contributed by atoms with van der Waals surface area (Å²) in [5, 5.41) is 4.67. The van der Waals surface area contributed by atoms with Crippen LogP contribution in [0, 0.1) is 0 Å². The van der Waals surface area contributed by atoms with E-state index in [-0.39, 0.29) is 6.03 Å². The van der Waals surface area contributed by atoms with Crippen molar-refractivity contribution in [2.75, 3.05) is 5.01 Å². The highest BCUT2D eigenvalue weighted by atomic mass is 16.3. The van der Waals surface area contributed by atoms with Gasteiger partial charge in [-0.3, -0.25) is 0 Å². The fourth-order valence-electron chi connectivity index (χ4n) is 1.75. The van der Waals surface area contributed by atoms with Gasteiger partial charge in [0.25, 0.3) is 0 Å². The summed E-state index contributed by atoms with van der Waals surface area (Å²) in [4.78, 5) is 11.2. The molecule has 2 amide bonds. The Labute approximate surface area is 86.4 Å². The molecule has 1 fully saturated rings. The first kappa shape index (κ1) is 8.26. The Balaban J connectivity index is 2.23. The molecule has 1 heterocycles. The highest BCUT2D eigenvalue weighted by Gasteiger charge is 2.42. The van der Waals surface area contributed by atoms with E-state index in [0.29, 0.717) is 0 Å². The van der Waals surface area contributed by atoms with Gasteiger partial charge in [0.05, 0.1) is 5.69 Å². The van der Waals surface area contributed by atoms with E-state index < -0.39 is 0 Å². The van der Waals surface area contributed by atoms with Gasteiger partial charge in [-0.1, -0.05) is 36.4 Å². The van der Waals surface area contributed by atoms with Crippen LogP contribution in [0.5, 0.6) is 0 Å². The Morgan fingerprint density at radius 2 is 1.67 bits per heavy atom. The van der Waals surface area contributed by atoms with Crippen LogP contribution < -0.4 is 10.9 Å². The molecule has 2 aromatic carbocycles. The number of hydrazine groups is 2. The average Bonchev–Trinajstić information content (AvgIpc) is 2.86. The molecule has 3 rings (SSSR count). The third-order valence-corrected chi connectivity index (χ3v) is 2.55. The van der Waals surface area contributed by atoms with E-state index in [1.165, 1.54) is 5.01 Å². The molecule has 0 aliphatic carbocycles. The quantitative estimate of drug-likeness (QED) is 0.433. The largest absolute Gasteiger partial charge is 0.379 e. The van der Waals surface area contributed by atoms with Gasteiger partial charge in [0, 0.05) is 5.39 Å². The van der Waals surface area contributed by atoms with Gasteiger partial charge >= 0.3 is 6.03 Å². The maximum atomic E-state index is 11.2. The molecule has 2 N–H and O–H groups in total. The summed E-state index contributed by atoms with van der Waals surface area (Å²) in [7, 11) is 0. The van der Waals surface area contributed by atoms with Gasteiger partial charge in [0.15, 0.2) is 0 Å². The summed E-state index contributed by atoms with van der Waals surface area (Å²) in [5.41, 5.74) is 0.834. The van der Waals surface area contributed by atoms with Crippen LogP contribution in [0.3, 0.4) is 0 Å². The molecule has 0 radical (unpaired) electrons. The van der Waals surface area contributed by atoms with Crippen LogP contribution in [0.2, 0.25) is 0 Å². The highest BCUT2D eigenvalue weighted by Crippen LogP contribution is 2.32. The first-order valence-electron chi connectivity index (χ1n) is 4.65. The Hall–Kier alpha value is -2.07. The number of fused-ring (bicyclic) bond motifs is 1. The molecule has 15 heavy (non-hydrogen) atoms. The van der Waals surface area contributed by atoms with Crippen molar-refractivity contribution >= 4 is 22.5 Å². The van der Waals surface area contributed by atoms with E-state index in [1.54, 1.807) is 0 Å². The van der Waals surface area contributed by atoms with Crippen molar-refractivity contribution in [3.05, 3.63) is 42.5 Å². The van der Waals surface area contributed by atoms with Crippen molar-refractivity contribution in [1.29, 1.82) is 0 Å². The van der Waals surface area contributed by atoms with Crippen LogP contribution in [0.25, 0.3) is 10.8 Å². The molecule has 0 saturated carbocycles. The number of anilines is 1. The normalized spacial score (nSPS) is 14.9. The number of carbonyl (C=O) groups excluding carboxylic acids is 1. The maximum Gasteiger partial charge on any atom is 0.379 e. The van der Waals surface area contributed by atoms with Crippen molar-refractivity contribution in [3.63, 3.8) is 0 Å². The average molecular weight is 199 g/mol. The van der Waals surface area contributed by atoms with E-state index in [1.807, 2.05) is 42.5 Å². The standard InChI is InChI=1S/C11H9N3O/c12-14-11(15)13(14)10-7-3-5-8-4-1-2-6-9(8)10/h1-7H,12H2. The Morgan fingerprint density at radius 3 is 2.40 bits per heavy atom. The summed E-state index contributed by atoms with van der Waals surface area (Å²) in [5.74, 6) is 5.44. The van der Waals surface area contributed by atoms with Crippen molar-refractivity contribution < 1.29 is 4.79 Å². The molecule has 4 heteroatoms. The third kappa shape index (κ3) is 1.08. The number of nitrogens with zero attached hydrogens (tertiary/aromatic N) is 2. The molecule has 2 aromatic rings. The van der Waals surface area contributed by atoms with Crippen molar-refractivity contribution in [2.45, 2.75) is 0 Å². The van der Waals surface area contributed by atoms with Crippen LogP contribution in [0.15, 0.2) is 42.5 Å². The predicted octanol–water partition coefficient (Wildman–Crippen LogP) is 1.87. The van der Waals surface area contributed by atoms with Crippen molar-refractivity contribution in [1.82, 2.24) is 5.12 Å². The van der Waals surface area contributed by atoms with Crippen LogP contribution in [0.1, 0.15) is 0 Å². The minimum Gasteiger partial charge on any atom is -0.242 e. The molecule has 0 atom stereocenters. The molecule has 1 aliphatic rings. The van der Waals surface area contributed by atoms with Gasteiger partial charge in [-0.15, -0.1) is 0 Å². The summed E-state index contributed by atoms with van der Waals surface area (Å²) in [6, 6.07) is 13.5. The van der Waals surface area contributed by atoms with Crippen molar-refractivity contribution in [3.8, 4) is 0 Å². The van der Waals surface area contributed by atoms with Crippen LogP contribution >= 0.6 is 0 Å². The molecular formula is C11H9N3O. The number of rotatable bonds is 1. The number of carbonyl (C=O) groups is 1. The van der Waals surface area contributed by atoms with E-state index in [9.17, 15) is 4.79 Å². The second-order valence-electron chi connectivity index (χ2n) is 3.44. The third-order valence-electron chi connectivity index (χ3n) is 2.55. The van der Waals surface area contributed by atoms with Crippen LogP contribution in [0.4, 0.5) is 10.5 Å². The Kier molecular flexibility index (Phi) is 1.49. The smallest absolute Gasteiger partial charge is 0.242 e. The van der Waals surface area contributed by atoms with Gasteiger partial charge in [-0.05, 0) is 11.5 Å². The second kappa shape index (κ2) is 2.71. The zero-order valence-corrected chi connectivity index (χ0v) is 7.92. The minimum atomic E-state index is -0.175. The topological polar surface area (TPSA) is 49.1 Å². The molecular weight excluding hydrogens is 190 g/mol. The number of nitrogens with two attached hydrogens (primary N) is 1. The molecule has 0 spiro atoms. The zero-order valence-electron chi connectivity index (χ0n) is 7.92. The molecule has 74 valence electrons. The van der Waals surface area contributed by atoms with Crippen LogP contribution in [-0.2, 0) is 0 Å². The maximum absolute atomic E-state index is 11.2. The molecule has 1 aliphatic heterocycles. The van der Waals surface area contributed by atoms with E-state index >= 15 is 0 Å². The Morgan fingerprint density at radius 1 is 1.00 bits per heavy atom. The lowest BCUT2D eigenvalue weighted by molar-refractivity contribution is 0.258. The van der Waals surface area contributed by atoms with E-state index in [2.05, 4.69) is 0 Å². The van der Waals surface area contributed by atoms with E-state index in [0.717, 1.165) is 21.6 Å². The predicted molar refractivity (Wildman–Crippen MR) is 57.8 cm³/mol. The number of hydrogen-bond acceptors (Lipinski definition) is 2. The first-order valence-corrected chi connectivity index (χ1v) is 4.65. The molecule has 0 bridgehead atoms. The molecule has 0 unspecified atom stereocenters. The van der Waals surface area contributed by atoms with Crippen LogP contribution in [-0.4, -0.2) is 11.1 Å². The van der Waals surface area contributed by atoms with Gasteiger partial charge in [-0.25, -0.2) is 10.6 Å². The number of amides is 2. The molecule has 4 nitrogen and oxygen atoms in total. The first-order chi connectivity index (χ1) is 7.29. The van der Waals surface area contributed by atoms with Gasteiger partial charge < -0.3 is 0 Å². The van der Waals surface area contributed by atoms with Crippen molar-refractivity contribution in [2.24, 2.45) is 5.84 Å². The van der Waals surface area contributed by atoms with Gasteiger partial charge in [-0.2, -0.15) is 10.1 Å². The van der Waals surface area contributed by atoms with E-state index in [4.69, 9.17) is 5.84 Å². The number of urea groups is 1. The number of hydrogen-bond donors (Lipinski definition) is 1. The van der Waals surface area contributed by atoms with Gasteiger partial charge in [0.1, 0.15) is 0 Å². The Bertz CT molecular complexity index is 547. The summed E-state index contributed by atoms with van der Waals surface area (Å²) >= 11 is 0. The highest BCUT2D eigenvalue weighted by molar-refractivity contribution is 6.11. The SMILES string of the molecule is NN1C(=O)N1c1cccc2ccccc12. The number of benzene rings is 2. The summed E-state index contributed by atoms with van der Waals surface area (Å²) in [6.45, 7) is 0. The summed E-state index contributed by atoms with van der Waals surface area (Å²) < 4.78 is 0. The minimum absolute atomic E-state index is 0.175. The fourth-order valence-corrected chi connectivity index (χ4v) is 1.75. The monoisotopic (exact) mass is 199 g/mol. The lowest BCUT2D eigenvalue weighted by Crippen LogP contribution is -2.12. The zero-order chi connectivity index (χ0) is 10.4. The summed E-state index contributed by atoms with van der Waals surface area (Å²) in [6.07, 6.45) is 0. The molecule has 1 saturated heterocycles. The second-order valence-corrected chi connectivity index (χ2v) is 3.44. The fraction of sp³-hybridized carbons (Fsp3) is 0.